The normalized spacial score (nSPS) is 10.4. The molecule has 0 saturated heterocycles. The standard InChI is InChI=1S/C16H19NO/c1-11-4-5-12(2)16(8-11)18-15-7-6-14(10-17)9-13(15)3/h4-9H,10,17H2,1-3H3. The van der Waals surface area contributed by atoms with Gasteiger partial charge in [-0.25, -0.2) is 0 Å². The molecule has 0 aliphatic rings. The van der Waals surface area contributed by atoms with Crippen molar-refractivity contribution < 1.29 is 4.74 Å². The number of rotatable bonds is 3. The predicted octanol–water partition coefficient (Wildman–Crippen LogP) is 3.86. The van der Waals surface area contributed by atoms with Crippen LogP contribution in [0.4, 0.5) is 0 Å². The van der Waals surface area contributed by atoms with Gasteiger partial charge >= 0.3 is 0 Å². The smallest absolute Gasteiger partial charge is 0.130 e. The second-order valence-electron chi connectivity index (χ2n) is 4.67. The highest BCUT2D eigenvalue weighted by molar-refractivity contribution is 5.43. The van der Waals surface area contributed by atoms with E-state index in [-0.39, 0.29) is 0 Å². The summed E-state index contributed by atoms with van der Waals surface area (Å²) in [7, 11) is 0. The molecule has 0 radical (unpaired) electrons. The number of hydrogen-bond acceptors (Lipinski definition) is 2. The molecule has 0 amide bonds. The van der Waals surface area contributed by atoms with Crippen molar-refractivity contribution in [3.05, 3.63) is 58.7 Å². The van der Waals surface area contributed by atoms with Crippen molar-refractivity contribution >= 4 is 0 Å². The second kappa shape index (κ2) is 5.23. The fourth-order valence-electron chi connectivity index (χ4n) is 1.89. The molecule has 0 atom stereocenters. The van der Waals surface area contributed by atoms with Gasteiger partial charge in [0, 0.05) is 6.54 Å². The Balaban J connectivity index is 2.31. The summed E-state index contributed by atoms with van der Waals surface area (Å²) < 4.78 is 5.98. The molecule has 2 heteroatoms. The molecular weight excluding hydrogens is 222 g/mol. The molecule has 0 heterocycles. The van der Waals surface area contributed by atoms with E-state index in [1.54, 1.807) is 0 Å². The summed E-state index contributed by atoms with van der Waals surface area (Å²) >= 11 is 0. The summed E-state index contributed by atoms with van der Waals surface area (Å²) in [4.78, 5) is 0. The van der Waals surface area contributed by atoms with E-state index >= 15 is 0 Å². The summed E-state index contributed by atoms with van der Waals surface area (Å²) in [6.07, 6.45) is 0. The number of hydrogen-bond donors (Lipinski definition) is 1. The van der Waals surface area contributed by atoms with Crippen molar-refractivity contribution in [2.75, 3.05) is 0 Å². The predicted molar refractivity (Wildman–Crippen MR) is 75.1 cm³/mol. The van der Waals surface area contributed by atoms with Gasteiger partial charge in [-0.3, -0.25) is 0 Å². The number of nitrogens with two attached hydrogens (primary N) is 1. The number of aryl methyl sites for hydroxylation is 3. The quantitative estimate of drug-likeness (QED) is 0.885. The van der Waals surface area contributed by atoms with E-state index in [4.69, 9.17) is 10.5 Å². The highest BCUT2D eigenvalue weighted by Gasteiger charge is 2.05. The lowest BCUT2D eigenvalue weighted by atomic mass is 10.1. The minimum atomic E-state index is 0.560. The molecule has 0 unspecified atom stereocenters. The summed E-state index contributed by atoms with van der Waals surface area (Å²) in [5.74, 6) is 1.81. The third kappa shape index (κ3) is 2.71. The van der Waals surface area contributed by atoms with E-state index in [0.717, 1.165) is 28.2 Å². The fourth-order valence-corrected chi connectivity index (χ4v) is 1.89. The van der Waals surface area contributed by atoms with Gasteiger partial charge in [0.1, 0.15) is 11.5 Å². The highest BCUT2D eigenvalue weighted by atomic mass is 16.5. The van der Waals surface area contributed by atoms with Gasteiger partial charge in [-0.1, -0.05) is 24.3 Å². The molecule has 0 saturated carbocycles. The van der Waals surface area contributed by atoms with E-state index in [0.29, 0.717) is 6.54 Å². The molecule has 0 bridgehead atoms. The van der Waals surface area contributed by atoms with Gasteiger partial charge in [0.2, 0.25) is 0 Å². The fraction of sp³-hybridized carbons (Fsp3) is 0.250. The van der Waals surface area contributed by atoms with E-state index in [2.05, 4.69) is 38.1 Å². The Morgan fingerprint density at radius 3 is 2.33 bits per heavy atom. The third-order valence-electron chi connectivity index (χ3n) is 3.04. The lowest BCUT2D eigenvalue weighted by molar-refractivity contribution is 0.474. The summed E-state index contributed by atoms with van der Waals surface area (Å²) in [5.41, 5.74) is 10.2. The van der Waals surface area contributed by atoms with Crippen LogP contribution in [0.25, 0.3) is 0 Å². The first-order valence-corrected chi connectivity index (χ1v) is 6.15. The maximum absolute atomic E-state index is 5.98. The first kappa shape index (κ1) is 12.7. The van der Waals surface area contributed by atoms with E-state index in [1.807, 2.05) is 19.1 Å². The van der Waals surface area contributed by atoms with Crippen LogP contribution in [0.15, 0.2) is 36.4 Å². The molecule has 2 aromatic rings. The SMILES string of the molecule is Cc1ccc(C)c(Oc2ccc(CN)cc2C)c1. The van der Waals surface area contributed by atoms with Gasteiger partial charge in [0.25, 0.3) is 0 Å². The second-order valence-corrected chi connectivity index (χ2v) is 4.67. The molecule has 18 heavy (non-hydrogen) atoms. The van der Waals surface area contributed by atoms with Gasteiger partial charge in [0.15, 0.2) is 0 Å². The van der Waals surface area contributed by atoms with Gasteiger partial charge in [-0.15, -0.1) is 0 Å². The topological polar surface area (TPSA) is 35.2 Å². The van der Waals surface area contributed by atoms with E-state index in [9.17, 15) is 0 Å². The van der Waals surface area contributed by atoms with Crippen molar-refractivity contribution in [1.82, 2.24) is 0 Å². The molecule has 94 valence electrons. The van der Waals surface area contributed by atoms with Crippen LogP contribution in [-0.2, 0) is 6.54 Å². The van der Waals surface area contributed by atoms with Crippen molar-refractivity contribution in [2.45, 2.75) is 27.3 Å². The highest BCUT2D eigenvalue weighted by Crippen LogP contribution is 2.28. The Bertz CT molecular complexity index is 561. The van der Waals surface area contributed by atoms with Crippen LogP contribution < -0.4 is 10.5 Å². The van der Waals surface area contributed by atoms with E-state index in [1.165, 1.54) is 5.56 Å². The van der Waals surface area contributed by atoms with Crippen LogP contribution in [-0.4, -0.2) is 0 Å². The average Bonchev–Trinajstić information content (AvgIpc) is 2.36. The minimum absolute atomic E-state index is 0.560. The molecule has 0 spiro atoms. The Labute approximate surface area is 108 Å². The molecular formula is C16H19NO. The molecule has 2 aromatic carbocycles. The summed E-state index contributed by atoms with van der Waals surface area (Å²) in [6, 6.07) is 12.3. The number of benzene rings is 2. The zero-order valence-electron chi connectivity index (χ0n) is 11.2. The maximum atomic E-state index is 5.98. The van der Waals surface area contributed by atoms with Crippen LogP contribution >= 0.6 is 0 Å². The Morgan fingerprint density at radius 2 is 1.67 bits per heavy atom. The summed E-state index contributed by atoms with van der Waals surface area (Å²) in [5, 5.41) is 0. The van der Waals surface area contributed by atoms with Crippen LogP contribution in [0.3, 0.4) is 0 Å². The van der Waals surface area contributed by atoms with Crippen molar-refractivity contribution in [1.29, 1.82) is 0 Å². The van der Waals surface area contributed by atoms with Crippen LogP contribution in [0.5, 0.6) is 11.5 Å². The third-order valence-corrected chi connectivity index (χ3v) is 3.04. The maximum Gasteiger partial charge on any atom is 0.130 e. The van der Waals surface area contributed by atoms with Crippen LogP contribution in [0, 0.1) is 20.8 Å². The van der Waals surface area contributed by atoms with E-state index < -0.39 is 0 Å². The lowest BCUT2D eigenvalue weighted by Gasteiger charge is -2.12. The molecule has 0 aliphatic heterocycles. The van der Waals surface area contributed by atoms with Gasteiger partial charge in [-0.2, -0.15) is 0 Å². The molecule has 2 nitrogen and oxygen atoms in total. The molecule has 0 aromatic heterocycles. The van der Waals surface area contributed by atoms with Crippen molar-refractivity contribution in [2.24, 2.45) is 5.73 Å². The van der Waals surface area contributed by atoms with Crippen molar-refractivity contribution in [3.8, 4) is 11.5 Å². The average molecular weight is 241 g/mol. The van der Waals surface area contributed by atoms with Crippen LogP contribution in [0.2, 0.25) is 0 Å². The van der Waals surface area contributed by atoms with Crippen LogP contribution in [0.1, 0.15) is 22.3 Å². The Kier molecular flexibility index (Phi) is 3.68. The Morgan fingerprint density at radius 1 is 0.889 bits per heavy atom. The zero-order valence-corrected chi connectivity index (χ0v) is 11.2. The molecule has 0 fully saturated rings. The zero-order chi connectivity index (χ0) is 13.1. The van der Waals surface area contributed by atoms with Gasteiger partial charge < -0.3 is 10.5 Å². The minimum Gasteiger partial charge on any atom is -0.457 e. The summed E-state index contributed by atoms with van der Waals surface area (Å²) in [6.45, 7) is 6.72. The molecule has 2 rings (SSSR count). The van der Waals surface area contributed by atoms with Gasteiger partial charge in [0.05, 0.1) is 0 Å². The monoisotopic (exact) mass is 241 g/mol. The molecule has 2 N–H and O–H groups in total. The van der Waals surface area contributed by atoms with Crippen molar-refractivity contribution in [3.63, 3.8) is 0 Å². The first-order chi connectivity index (χ1) is 8.60. The van der Waals surface area contributed by atoms with Gasteiger partial charge in [-0.05, 0) is 55.2 Å². The molecule has 0 aliphatic carbocycles. The first-order valence-electron chi connectivity index (χ1n) is 6.15. The lowest BCUT2D eigenvalue weighted by Crippen LogP contribution is -1.97. The number of ether oxygens (including phenoxy) is 1. The largest absolute Gasteiger partial charge is 0.457 e. The Hall–Kier alpha value is -1.80.